The van der Waals surface area contributed by atoms with Crippen LogP contribution in [0.1, 0.15) is 61.3 Å². The number of hydrogen-bond donors (Lipinski definition) is 0. The fourth-order valence-corrected chi connectivity index (χ4v) is 2.82. The third-order valence-electron chi connectivity index (χ3n) is 5.00. The quantitative estimate of drug-likeness (QED) is 0.719. The van der Waals surface area contributed by atoms with Crippen molar-refractivity contribution in [3.05, 3.63) is 12.1 Å². The first-order chi connectivity index (χ1) is 10.9. The van der Waals surface area contributed by atoms with Gasteiger partial charge in [0.25, 0.3) is 0 Å². The average Bonchev–Trinajstić information content (AvgIpc) is 2.63. The predicted molar refractivity (Wildman–Crippen MR) is 95.8 cm³/mol. The monoisotopic (exact) mass is 337 g/mol. The van der Waals surface area contributed by atoms with E-state index in [-0.39, 0.29) is 24.4 Å². The Morgan fingerprint density at radius 3 is 2.08 bits per heavy atom. The molecule has 0 saturated carbocycles. The van der Waals surface area contributed by atoms with Crippen molar-refractivity contribution in [3.8, 4) is 0 Å². The zero-order valence-electron chi connectivity index (χ0n) is 16.2. The summed E-state index contributed by atoms with van der Waals surface area (Å²) in [6, 6.07) is 0. The second-order valence-electron chi connectivity index (χ2n) is 8.81. The Labute approximate surface area is 146 Å². The van der Waals surface area contributed by atoms with E-state index >= 15 is 0 Å². The second kappa shape index (κ2) is 6.72. The molecule has 0 aromatic heterocycles. The van der Waals surface area contributed by atoms with Crippen LogP contribution in [0.5, 0.6) is 0 Å². The van der Waals surface area contributed by atoms with Gasteiger partial charge in [-0.05, 0) is 67.2 Å². The summed E-state index contributed by atoms with van der Waals surface area (Å²) >= 11 is 0. The van der Waals surface area contributed by atoms with Crippen LogP contribution in [0, 0.1) is 5.92 Å². The van der Waals surface area contributed by atoms with Gasteiger partial charge in [0, 0.05) is 13.1 Å². The van der Waals surface area contributed by atoms with Gasteiger partial charge in [-0.1, -0.05) is 12.1 Å². The summed E-state index contributed by atoms with van der Waals surface area (Å²) in [6.45, 7) is 15.4. The van der Waals surface area contributed by atoms with E-state index in [1.54, 1.807) is 4.90 Å². The minimum atomic E-state index is -0.440. The van der Waals surface area contributed by atoms with E-state index in [9.17, 15) is 4.79 Å². The zero-order chi connectivity index (χ0) is 18.2. The minimum absolute atomic E-state index is 0.212. The number of carbonyl (C=O) groups is 1. The topological polar surface area (TPSA) is 48.0 Å². The SMILES string of the molecule is CC(C)(C)OC(=O)N1CCC(C=CB2OC(C)(C)C(C)(C)O2)CC1. The molecule has 2 rings (SSSR count). The van der Waals surface area contributed by atoms with Crippen LogP contribution in [0.2, 0.25) is 0 Å². The first kappa shape index (κ1) is 19.3. The maximum absolute atomic E-state index is 12.1. The van der Waals surface area contributed by atoms with Gasteiger partial charge in [0.2, 0.25) is 0 Å². The lowest BCUT2D eigenvalue weighted by Gasteiger charge is -2.32. The summed E-state index contributed by atoms with van der Waals surface area (Å²) in [6.07, 6.45) is 3.84. The van der Waals surface area contributed by atoms with Crippen molar-refractivity contribution in [1.82, 2.24) is 4.90 Å². The fraction of sp³-hybridized carbons (Fsp3) is 0.833. The molecule has 1 amide bonds. The molecular weight excluding hydrogens is 305 g/mol. The maximum atomic E-state index is 12.1. The maximum Gasteiger partial charge on any atom is 0.486 e. The molecule has 0 unspecified atom stereocenters. The molecule has 136 valence electrons. The highest BCUT2D eigenvalue weighted by atomic mass is 16.7. The summed E-state index contributed by atoms with van der Waals surface area (Å²) in [5, 5.41) is 0. The first-order valence-corrected chi connectivity index (χ1v) is 8.91. The molecule has 2 heterocycles. The van der Waals surface area contributed by atoms with Crippen molar-refractivity contribution in [2.75, 3.05) is 13.1 Å². The van der Waals surface area contributed by atoms with Gasteiger partial charge in [-0.3, -0.25) is 0 Å². The first-order valence-electron chi connectivity index (χ1n) is 8.91. The van der Waals surface area contributed by atoms with Crippen molar-refractivity contribution in [2.45, 2.75) is 78.1 Å². The van der Waals surface area contributed by atoms with Gasteiger partial charge in [0.05, 0.1) is 11.2 Å². The van der Waals surface area contributed by atoms with E-state index in [4.69, 9.17) is 14.0 Å². The van der Waals surface area contributed by atoms with E-state index in [0.717, 1.165) is 25.9 Å². The second-order valence-corrected chi connectivity index (χ2v) is 8.81. The van der Waals surface area contributed by atoms with Gasteiger partial charge in [-0.2, -0.15) is 0 Å². The summed E-state index contributed by atoms with van der Waals surface area (Å²) in [7, 11) is -0.293. The molecule has 0 atom stereocenters. The molecule has 0 aromatic rings. The van der Waals surface area contributed by atoms with Crippen LogP contribution >= 0.6 is 0 Å². The standard InChI is InChI=1S/C18H32BNO4/c1-16(2,3)22-15(21)20-12-9-14(10-13-20)8-11-19-23-17(4,5)18(6,7)24-19/h8,11,14H,9-10,12-13H2,1-7H3. The average molecular weight is 337 g/mol. The molecule has 2 fully saturated rings. The van der Waals surface area contributed by atoms with E-state index in [2.05, 4.69) is 33.8 Å². The third kappa shape index (κ3) is 4.76. The van der Waals surface area contributed by atoms with Gasteiger partial charge < -0.3 is 18.9 Å². The van der Waals surface area contributed by atoms with E-state index in [1.165, 1.54) is 0 Å². The van der Waals surface area contributed by atoms with E-state index < -0.39 is 5.60 Å². The van der Waals surface area contributed by atoms with E-state index in [1.807, 2.05) is 26.7 Å². The van der Waals surface area contributed by atoms with Crippen LogP contribution in [-0.4, -0.2) is 48.0 Å². The molecule has 0 bridgehead atoms. The van der Waals surface area contributed by atoms with Crippen molar-refractivity contribution >= 4 is 13.2 Å². The number of carbonyl (C=O) groups excluding carboxylic acids is 1. The van der Waals surface area contributed by atoms with Crippen molar-refractivity contribution in [1.29, 1.82) is 0 Å². The Balaban J connectivity index is 1.81. The van der Waals surface area contributed by atoms with Gasteiger partial charge in [0.15, 0.2) is 0 Å². The van der Waals surface area contributed by atoms with Crippen molar-refractivity contribution in [2.24, 2.45) is 5.92 Å². The Bertz CT molecular complexity index is 472. The van der Waals surface area contributed by atoms with Crippen LogP contribution in [-0.2, 0) is 14.0 Å². The summed E-state index contributed by atoms with van der Waals surface area (Å²) in [4.78, 5) is 13.9. The van der Waals surface area contributed by atoms with Crippen LogP contribution in [0.25, 0.3) is 0 Å². The molecule has 0 radical (unpaired) electrons. The minimum Gasteiger partial charge on any atom is -0.444 e. The predicted octanol–water partition coefficient (Wildman–Crippen LogP) is 3.82. The Kier molecular flexibility index (Phi) is 5.41. The summed E-state index contributed by atoms with van der Waals surface area (Å²) < 4.78 is 17.4. The van der Waals surface area contributed by atoms with Crippen LogP contribution in [0.3, 0.4) is 0 Å². The molecule has 2 aliphatic heterocycles. The molecule has 0 aromatic carbocycles. The molecule has 0 spiro atoms. The highest BCUT2D eigenvalue weighted by molar-refractivity contribution is 6.51. The van der Waals surface area contributed by atoms with Gasteiger partial charge >= 0.3 is 13.2 Å². The van der Waals surface area contributed by atoms with Gasteiger partial charge in [-0.15, -0.1) is 0 Å². The van der Waals surface area contributed by atoms with Crippen molar-refractivity contribution < 1.29 is 18.8 Å². The number of amides is 1. The molecule has 2 saturated heterocycles. The lowest BCUT2D eigenvalue weighted by molar-refractivity contribution is 0.00578. The third-order valence-corrected chi connectivity index (χ3v) is 5.00. The molecular formula is C18H32BNO4. The Morgan fingerprint density at radius 1 is 1.12 bits per heavy atom. The van der Waals surface area contributed by atoms with Crippen LogP contribution < -0.4 is 0 Å². The molecule has 24 heavy (non-hydrogen) atoms. The lowest BCUT2D eigenvalue weighted by atomic mass is 9.86. The largest absolute Gasteiger partial charge is 0.486 e. The van der Waals surface area contributed by atoms with Crippen molar-refractivity contribution in [3.63, 3.8) is 0 Å². The molecule has 6 heteroatoms. The van der Waals surface area contributed by atoms with E-state index in [0.29, 0.717) is 5.92 Å². The number of nitrogens with zero attached hydrogens (tertiary/aromatic N) is 1. The fourth-order valence-electron chi connectivity index (χ4n) is 2.82. The molecule has 5 nitrogen and oxygen atoms in total. The lowest BCUT2D eigenvalue weighted by Crippen LogP contribution is -2.41. The smallest absolute Gasteiger partial charge is 0.444 e. The van der Waals surface area contributed by atoms with Gasteiger partial charge in [0.1, 0.15) is 5.60 Å². The molecule has 2 aliphatic rings. The van der Waals surface area contributed by atoms with Crippen LogP contribution in [0.15, 0.2) is 12.1 Å². The number of allylic oxidation sites excluding steroid dienone is 1. The Morgan fingerprint density at radius 2 is 1.62 bits per heavy atom. The zero-order valence-corrected chi connectivity index (χ0v) is 16.2. The number of hydrogen-bond acceptors (Lipinski definition) is 4. The summed E-state index contributed by atoms with van der Waals surface area (Å²) in [5.74, 6) is 2.47. The molecule has 0 aliphatic carbocycles. The highest BCUT2D eigenvalue weighted by Crippen LogP contribution is 2.37. The number of likely N-dealkylation sites (tertiary alicyclic amines) is 1. The number of ether oxygens (including phenoxy) is 1. The number of rotatable bonds is 2. The highest BCUT2D eigenvalue weighted by Gasteiger charge is 2.50. The number of piperidine rings is 1. The van der Waals surface area contributed by atoms with Crippen LogP contribution in [0.4, 0.5) is 4.79 Å². The molecule has 0 N–H and O–H groups in total. The normalized spacial score (nSPS) is 24.6. The summed E-state index contributed by atoms with van der Waals surface area (Å²) in [5.41, 5.74) is -1.05. The van der Waals surface area contributed by atoms with Gasteiger partial charge in [-0.25, -0.2) is 4.79 Å². The Hall–Kier alpha value is -1.01.